The molecule has 0 amide bonds. The van der Waals surface area contributed by atoms with E-state index in [1.165, 1.54) is 30.5 Å². The smallest absolute Gasteiger partial charge is 0.203 e. The van der Waals surface area contributed by atoms with Gasteiger partial charge in [-0.25, -0.2) is 4.98 Å². The van der Waals surface area contributed by atoms with Crippen molar-refractivity contribution in [2.24, 2.45) is 11.0 Å². The predicted octanol–water partition coefficient (Wildman–Crippen LogP) is 5.10. The zero-order valence-corrected chi connectivity index (χ0v) is 13.4. The molecule has 3 nitrogen and oxygen atoms in total. The van der Waals surface area contributed by atoms with E-state index < -0.39 is 0 Å². The molecule has 1 aromatic heterocycles. The van der Waals surface area contributed by atoms with Crippen LogP contribution in [0.1, 0.15) is 38.2 Å². The number of aryl methyl sites for hydroxylation is 1. The molecule has 2 aromatic rings. The highest BCUT2D eigenvalue weighted by Crippen LogP contribution is 2.26. The number of anilines is 1. The van der Waals surface area contributed by atoms with Gasteiger partial charge in [0.05, 0.1) is 5.69 Å². The largest absolute Gasteiger partial charge is 0.253 e. The lowest BCUT2D eigenvalue weighted by molar-refractivity contribution is 0.558. The Balaban J connectivity index is 1.70. The number of hydrogen-bond acceptors (Lipinski definition) is 4. The molecule has 4 heteroatoms. The highest BCUT2D eigenvalue weighted by atomic mass is 32.1. The third-order valence-electron chi connectivity index (χ3n) is 4.04. The quantitative estimate of drug-likeness (QED) is 0.801. The lowest BCUT2D eigenvalue weighted by Crippen LogP contribution is -2.17. The molecule has 1 unspecified atom stereocenters. The molecule has 1 N–H and O–H groups in total. The Morgan fingerprint density at radius 1 is 1.24 bits per heavy atom. The van der Waals surface area contributed by atoms with Crippen LogP contribution in [0.25, 0.3) is 11.3 Å². The zero-order valence-electron chi connectivity index (χ0n) is 12.6. The number of nitrogens with zero attached hydrogens (tertiary/aromatic N) is 2. The Hall–Kier alpha value is -1.68. The maximum absolute atomic E-state index is 4.62. The highest BCUT2D eigenvalue weighted by molar-refractivity contribution is 7.14. The molecule has 0 bridgehead atoms. The van der Waals surface area contributed by atoms with Crippen LogP contribution < -0.4 is 5.43 Å². The van der Waals surface area contributed by atoms with Crippen molar-refractivity contribution in [1.29, 1.82) is 0 Å². The third kappa shape index (κ3) is 3.50. The average molecular weight is 299 g/mol. The molecule has 110 valence electrons. The van der Waals surface area contributed by atoms with Crippen molar-refractivity contribution in [3.8, 4) is 11.3 Å². The average Bonchev–Trinajstić information content (AvgIpc) is 2.96. The fourth-order valence-corrected chi connectivity index (χ4v) is 3.30. The van der Waals surface area contributed by atoms with Crippen molar-refractivity contribution < 1.29 is 0 Å². The van der Waals surface area contributed by atoms with E-state index in [9.17, 15) is 0 Å². The van der Waals surface area contributed by atoms with Gasteiger partial charge in [0.15, 0.2) is 0 Å². The second-order valence-electron chi connectivity index (χ2n) is 5.77. The van der Waals surface area contributed by atoms with Gasteiger partial charge in [-0.1, -0.05) is 43.2 Å². The second-order valence-corrected chi connectivity index (χ2v) is 6.62. The van der Waals surface area contributed by atoms with E-state index >= 15 is 0 Å². The first-order valence-electron chi connectivity index (χ1n) is 7.57. The predicted molar refractivity (Wildman–Crippen MR) is 91.0 cm³/mol. The summed E-state index contributed by atoms with van der Waals surface area (Å²) in [6.07, 6.45) is 4.96. The van der Waals surface area contributed by atoms with E-state index in [0.29, 0.717) is 5.92 Å². The van der Waals surface area contributed by atoms with Crippen LogP contribution in [0.4, 0.5) is 5.13 Å². The molecule has 3 rings (SSSR count). The summed E-state index contributed by atoms with van der Waals surface area (Å²) in [6, 6.07) is 8.46. The number of thiazole rings is 1. The van der Waals surface area contributed by atoms with Gasteiger partial charge in [0.2, 0.25) is 5.13 Å². The lowest BCUT2D eigenvalue weighted by atomic mass is 9.89. The first-order chi connectivity index (χ1) is 10.2. The third-order valence-corrected chi connectivity index (χ3v) is 4.78. The number of hydrazone groups is 1. The maximum Gasteiger partial charge on any atom is 0.203 e. The van der Waals surface area contributed by atoms with E-state index in [4.69, 9.17) is 0 Å². The minimum absolute atomic E-state index is 0.600. The first-order valence-corrected chi connectivity index (χ1v) is 8.45. The fourth-order valence-electron chi connectivity index (χ4n) is 2.64. The standard InChI is InChI=1S/C17H21N3S/c1-12-7-9-14(10-8-12)16-11-21-17(18-16)20-19-15-6-4-3-5-13(15)2/h7-11,13H,3-6H2,1-2H3,(H,18,20)/b19-15-. The van der Waals surface area contributed by atoms with Crippen LogP contribution in [0, 0.1) is 12.8 Å². The van der Waals surface area contributed by atoms with E-state index in [2.05, 4.69) is 59.0 Å². The first kappa shape index (κ1) is 14.3. The van der Waals surface area contributed by atoms with Gasteiger partial charge in [-0.2, -0.15) is 5.10 Å². The van der Waals surface area contributed by atoms with Gasteiger partial charge in [-0.3, -0.25) is 5.43 Å². The van der Waals surface area contributed by atoms with Crippen molar-refractivity contribution in [2.45, 2.75) is 39.5 Å². The van der Waals surface area contributed by atoms with Crippen LogP contribution in [0.3, 0.4) is 0 Å². The van der Waals surface area contributed by atoms with Crippen LogP contribution >= 0.6 is 11.3 Å². The van der Waals surface area contributed by atoms with E-state index in [1.54, 1.807) is 11.3 Å². The molecule has 0 saturated heterocycles. The number of hydrogen-bond donors (Lipinski definition) is 1. The topological polar surface area (TPSA) is 37.3 Å². The fraction of sp³-hybridized carbons (Fsp3) is 0.412. The zero-order chi connectivity index (χ0) is 14.7. The summed E-state index contributed by atoms with van der Waals surface area (Å²) in [6.45, 7) is 4.36. The van der Waals surface area contributed by atoms with Crippen molar-refractivity contribution in [3.05, 3.63) is 35.2 Å². The van der Waals surface area contributed by atoms with E-state index in [1.807, 2.05) is 0 Å². The molecule has 21 heavy (non-hydrogen) atoms. The minimum Gasteiger partial charge on any atom is -0.253 e. The Morgan fingerprint density at radius 3 is 2.81 bits per heavy atom. The molecule has 0 aliphatic heterocycles. The lowest BCUT2D eigenvalue weighted by Gasteiger charge is -2.19. The summed E-state index contributed by atoms with van der Waals surface area (Å²) >= 11 is 1.61. The second kappa shape index (κ2) is 6.39. The Bertz CT molecular complexity index is 628. The van der Waals surface area contributed by atoms with E-state index in [-0.39, 0.29) is 0 Å². The summed E-state index contributed by atoms with van der Waals surface area (Å²) in [7, 11) is 0. The maximum atomic E-state index is 4.62. The van der Waals surface area contributed by atoms with Gasteiger partial charge in [0, 0.05) is 16.7 Å². The highest BCUT2D eigenvalue weighted by Gasteiger charge is 2.15. The minimum atomic E-state index is 0.600. The van der Waals surface area contributed by atoms with Gasteiger partial charge >= 0.3 is 0 Å². The molecular weight excluding hydrogens is 278 g/mol. The van der Waals surface area contributed by atoms with Crippen LogP contribution in [0.2, 0.25) is 0 Å². The van der Waals surface area contributed by atoms with Gasteiger partial charge in [0.25, 0.3) is 0 Å². The van der Waals surface area contributed by atoms with Gasteiger partial charge in [-0.15, -0.1) is 11.3 Å². The summed E-state index contributed by atoms with van der Waals surface area (Å²) in [5.74, 6) is 0.600. The Kier molecular flexibility index (Phi) is 4.34. The van der Waals surface area contributed by atoms with Gasteiger partial charge in [0.1, 0.15) is 0 Å². The Morgan fingerprint density at radius 2 is 2.05 bits per heavy atom. The van der Waals surface area contributed by atoms with Crippen molar-refractivity contribution in [2.75, 3.05) is 5.43 Å². The van der Waals surface area contributed by atoms with Crippen LogP contribution in [-0.4, -0.2) is 10.7 Å². The monoisotopic (exact) mass is 299 g/mol. The van der Waals surface area contributed by atoms with Gasteiger partial charge in [-0.05, 0) is 32.1 Å². The van der Waals surface area contributed by atoms with Crippen LogP contribution in [0.5, 0.6) is 0 Å². The summed E-state index contributed by atoms with van der Waals surface area (Å²) in [4.78, 5) is 4.62. The van der Waals surface area contributed by atoms with Crippen LogP contribution in [-0.2, 0) is 0 Å². The van der Waals surface area contributed by atoms with Crippen molar-refractivity contribution in [1.82, 2.24) is 4.98 Å². The number of rotatable bonds is 3. The van der Waals surface area contributed by atoms with Crippen molar-refractivity contribution in [3.63, 3.8) is 0 Å². The molecule has 1 heterocycles. The normalized spacial score (nSPS) is 20.7. The molecule has 1 aromatic carbocycles. The number of nitrogens with one attached hydrogen (secondary N) is 1. The van der Waals surface area contributed by atoms with Crippen molar-refractivity contribution >= 4 is 22.2 Å². The number of benzene rings is 1. The summed E-state index contributed by atoms with van der Waals surface area (Å²) in [5, 5.41) is 7.52. The molecule has 1 aliphatic rings. The van der Waals surface area contributed by atoms with E-state index in [0.717, 1.165) is 22.8 Å². The molecule has 1 aliphatic carbocycles. The molecular formula is C17H21N3S. The molecule has 0 radical (unpaired) electrons. The summed E-state index contributed by atoms with van der Waals surface area (Å²) < 4.78 is 0. The van der Waals surface area contributed by atoms with Gasteiger partial charge < -0.3 is 0 Å². The molecule has 0 spiro atoms. The SMILES string of the molecule is Cc1ccc(-c2csc(N/N=C3/CCCCC3C)n2)cc1. The molecule has 1 fully saturated rings. The Labute approximate surface area is 130 Å². The summed E-state index contributed by atoms with van der Waals surface area (Å²) in [5.41, 5.74) is 7.87. The number of aromatic nitrogens is 1. The van der Waals surface area contributed by atoms with Crippen LogP contribution in [0.15, 0.2) is 34.7 Å². The molecule has 1 atom stereocenters. The molecule has 1 saturated carbocycles.